The van der Waals surface area contributed by atoms with Gasteiger partial charge in [0, 0.05) is 12.5 Å². The van der Waals surface area contributed by atoms with Gasteiger partial charge in [-0.15, -0.1) is 0 Å². The molecule has 3 rings (SSSR count). The molecule has 0 fully saturated rings. The van der Waals surface area contributed by atoms with Crippen molar-refractivity contribution in [3.8, 4) is 17.6 Å². The molecule has 0 bridgehead atoms. The summed E-state index contributed by atoms with van der Waals surface area (Å²) >= 11 is 13.7. The maximum Gasteiger partial charge on any atom is 0.319 e. The summed E-state index contributed by atoms with van der Waals surface area (Å²) in [7, 11) is 2.72. The van der Waals surface area contributed by atoms with Gasteiger partial charge >= 0.3 is 5.97 Å². The number of amides is 2. The van der Waals surface area contributed by atoms with Crippen LogP contribution in [0.4, 0.5) is 0 Å². The minimum atomic E-state index is -1.37. The zero-order valence-electron chi connectivity index (χ0n) is 20.8. The number of rotatable bonds is 10. The number of halogens is 2. The van der Waals surface area contributed by atoms with Gasteiger partial charge in [-0.25, -0.2) is 0 Å². The molecule has 1 heterocycles. The number of carbonyl (C=O) groups excluding carboxylic acids is 3. The van der Waals surface area contributed by atoms with E-state index in [0.29, 0.717) is 17.9 Å². The van der Waals surface area contributed by atoms with E-state index in [1.807, 2.05) is 12.1 Å². The second kappa shape index (κ2) is 13.4. The third kappa shape index (κ3) is 6.72. The molecule has 2 aromatic carbocycles. The highest BCUT2D eigenvalue weighted by molar-refractivity contribution is 8.03. The molecule has 0 unspecified atom stereocenters. The summed E-state index contributed by atoms with van der Waals surface area (Å²) in [4.78, 5) is 38.2. The monoisotopic (exact) mass is 577 g/mol. The van der Waals surface area contributed by atoms with E-state index in [9.17, 15) is 19.6 Å². The number of thioether (sulfide) groups is 1. The molecule has 0 aliphatic carbocycles. The number of esters is 1. The summed E-state index contributed by atoms with van der Waals surface area (Å²) in [5.41, 5.74) is 1.30. The van der Waals surface area contributed by atoms with E-state index in [4.69, 9.17) is 37.4 Å². The topological polar surface area (TPSA) is 127 Å². The summed E-state index contributed by atoms with van der Waals surface area (Å²) in [5.74, 6) is -3.37. The molecule has 2 amide bonds. The zero-order valence-corrected chi connectivity index (χ0v) is 23.1. The van der Waals surface area contributed by atoms with Crippen molar-refractivity contribution >= 4 is 52.7 Å². The lowest BCUT2D eigenvalue weighted by atomic mass is 9.78. The van der Waals surface area contributed by atoms with Gasteiger partial charge in [0.25, 0.3) is 0 Å². The van der Waals surface area contributed by atoms with E-state index in [-0.39, 0.29) is 44.6 Å². The highest BCUT2D eigenvalue weighted by atomic mass is 35.5. The van der Waals surface area contributed by atoms with Gasteiger partial charge in [0.2, 0.25) is 11.8 Å². The van der Waals surface area contributed by atoms with Crippen molar-refractivity contribution in [2.45, 2.75) is 19.4 Å². The molecule has 1 aliphatic rings. The second-order valence-corrected chi connectivity index (χ2v) is 9.78. The number of hydrogen-bond donors (Lipinski definition) is 2. The Hall–Kier alpha value is -3.39. The van der Waals surface area contributed by atoms with E-state index in [1.54, 1.807) is 26.2 Å². The molecule has 0 saturated carbocycles. The SMILES string of the molecule is CCOc1c(Cl)cc([C@H]2C(C#N)=C(SCC(=O)NCc3ccc(OC)cc3)NC(=O)[C@H]2C(=O)OC)cc1Cl. The van der Waals surface area contributed by atoms with Crippen LogP contribution in [0.5, 0.6) is 11.5 Å². The van der Waals surface area contributed by atoms with Gasteiger partial charge in [-0.2, -0.15) is 5.26 Å². The van der Waals surface area contributed by atoms with Gasteiger partial charge in [0.15, 0.2) is 5.75 Å². The molecule has 9 nitrogen and oxygen atoms in total. The van der Waals surface area contributed by atoms with E-state index in [0.717, 1.165) is 24.4 Å². The number of benzene rings is 2. The fourth-order valence-corrected chi connectivity index (χ4v) is 5.35. The van der Waals surface area contributed by atoms with Gasteiger partial charge in [-0.3, -0.25) is 14.4 Å². The van der Waals surface area contributed by atoms with Crippen LogP contribution in [0.1, 0.15) is 24.0 Å². The van der Waals surface area contributed by atoms with Crippen LogP contribution in [-0.4, -0.2) is 44.4 Å². The van der Waals surface area contributed by atoms with Crippen molar-refractivity contribution in [1.82, 2.24) is 10.6 Å². The number of ether oxygens (including phenoxy) is 3. The van der Waals surface area contributed by atoms with Crippen LogP contribution in [0.25, 0.3) is 0 Å². The Morgan fingerprint density at radius 3 is 2.37 bits per heavy atom. The van der Waals surface area contributed by atoms with Crippen molar-refractivity contribution in [3.63, 3.8) is 0 Å². The average molecular weight is 578 g/mol. The molecule has 12 heteroatoms. The van der Waals surface area contributed by atoms with Crippen LogP contribution in [0.15, 0.2) is 47.0 Å². The van der Waals surface area contributed by atoms with E-state index >= 15 is 0 Å². The lowest BCUT2D eigenvalue weighted by Gasteiger charge is -2.31. The van der Waals surface area contributed by atoms with E-state index < -0.39 is 23.7 Å². The summed E-state index contributed by atoms with van der Waals surface area (Å²) < 4.78 is 15.4. The highest BCUT2D eigenvalue weighted by Gasteiger charge is 2.44. The number of nitriles is 1. The van der Waals surface area contributed by atoms with Gasteiger partial charge < -0.3 is 24.8 Å². The molecule has 38 heavy (non-hydrogen) atoms. The Bertz CT molecular complexity index is 1270. The number of allylic oxidation sites excluding steroid dienone is 1. The molecular weight excluding hydrogens is 553 g/mol. The molecule has 0 spiro atoms. The predicted octanol–water partition coefficient (Wildman–Crippen LogP) is 4.19. The smallest absolute Gasteiger partial charge is 0.319 e. The maximum atomic E-state index is 13.0. The number of hydrogen-bond acceptors (Lipinski definition) is 8. The van der Waals surface area contributed by atoms with Crippen LogP contribution < -0.4 is 20.1 Å². The first-order valence-electron chi connectivity index (χ1n) is 11.4. The first-order chi connectivity index (χ1) is 18.2. The normalized spacial score (nSPS) is 16.8. The summed E-state index contributed by atoms with van der Waals surface area (Å²) in [6, 6.07) is 12.3. The lowest BCUT2D eigenvalue weighted by molar-refractivity contribution is -0.150. The Kier molecular flexibility index (Phi) is 10.3. The van der Waals surface area contributed by atoms with Crippen LogP contribution >= 0.6 is 35.0 Å². The predicted molar refractivity (Wildman–Crippen MR) is 144 cm³/mol. The Morgan fingerprint density at radius 1 is 1.16 bits per heavy atom. The fourth-order valence-electron chi connectivity index (χ4n) is 3.85. The molecule has 0 saturated heterocycles. The third-order valence-electron chi connectivity index (χ3n) is 5.65. The van der Waals surface area contributed by atoms with Crippen LogP contribution in [0.3, 0.4) is 0 Å². The van der Waals surface area contributed by atoms with Crippen molar-refractivity contribution in [2.24, 2.45) is 5.92 Å². The van der Waals surface area contributed by atoms with Crippen LogP contribution in [0, 0.1) is 17.2 Å². The van der Waals surface area contributed by atoms with E-state index in [1.165, 1.54) is 12.1 Å². The average Bonchev–Trinajstić information content (AvgIpc) is 2.91. The minimum Gasteiger partial charge on any atom is -0.497 e. The molecule has 200 valence electrons. The molecule has 2 atom stereocenters. The lowest BCUT2D eigenvalue weighted by Crippen LogP contribution is -2.44. The quantitative estimate of drug-likeness (QED) is 0.318. The van der Waals surface area contributed by atoms with E-state index in [2.05, 4.69) is 16.7 Å². The fraction of sp³-hybridized carbons (Fsp3) is 0.308. The number of methoxy groups -OCH3 is 2. The molecule has 2 aromatic rings. The van der Waals surface area contributed by atoms with Crippen molar-refractivity contribution in [3.05, 3.63) is 68.2 Å². The number of nitrogens with zero attached hydrogens (tertiary/aromatic N) is 1. The molecule has 0 aromatic heterocycles. The molecule has 1 aliphatic heterocycles. The Labute approximate surface area is 234 Å². The summed E-state index contributed by atoms with van der Waals surface area (Å²) in [6.07, 6.45) is 0. The van der Waals surface area contributed by atoms with Crippen molar-refractivity contribution in [1.29, 1.82) is 5.26 Å². The van der Waals surface area contributed by atoms with Crippen LogP contribution in [0.2, 0.25) is 10.0 Å². The highest BCUT2D eigenvalue weighted by Crippen LogP contribution is 2.44. The third-order valence-corrected chi connectivity index (χ3v) is 7.23. The van der Waals surface area contributed by atoms with Gasteiger partial charge in [-0.1, -0.05) is 47.1 Å². The Morgan fingerprint density at radius 2 is 1.82 bits per heavy atom. The summed E-state index contributed by atoms with van der Waals surface area (Å²) in [5, 5.41) is 15.9. The van der Waals surface area contributed by atoms with Gasteiger partial charge in [0.1, 0.15) is 11.7 Å². The zero-order chi connectivity index (χ0) is 27.8. The largest absolute Gasteiger partial charge is 0.497 e. The molecular formula is C26H25Cl2N3O6S. The standard InChI is InChI=1S/C26H25Cl2N3O6S/c1-4-37-23-18(27)9-15(10-19(23)28)21-17(11-29)25(31-24(33)22(21)26(34)36-3)38-13-20(32)30-12-14-5-7-16(35-2)8-6-14/h5-10,21-22H,4,12-13H2,1-3H3,(H,30,32)(H,31,33)/t21-,22-/m0/s1. The molecule has 0 radical (unpaired) electrons. The minimum absolute atomic E-state index is 0.0734. The first-order valence-corrected chi connectivity index (χ1v) is 13.1. The number of carbonyl (C=O) groups is 3. The number of nitrogens with one attached hydrogen (secondary N) is 2. The van der Waals surface area contributed by atoms with Crippen molar-refractivity contribution < 1.29 is 28.6 Å². The second-order valence-electron chi connectivity index (χ2n) is 7.98. The molecule has 2 N–H and O–H groups in total. The van der Waals surface area contributed by atoms with Crippen LogP contribution in [-0.2, 0) is 25.7 Å². The summed E-state index contributed by atoms with van der Waals surface area (Å²) in [6.45, 7) is 2.38. The Balaban J connectivity index is 1.87. The van der Waals surface area contributed by atoms with Gasteiger partial charge in [-0.05, 0) is 42.3 Å². The van der Waals surface area contributed by atoms with Crippen molar-refractivity contribution in [2.75, 3.05) is 26.6 Å². The maximum absolute atomic E-state index is 13.0. The first kappa shape index (κ1) is 29.2. The van der Waals surface area contributed by atoms with Gasteiger partial charge in [0.05, 0.1) is 53.3 Å².